The van der Waals surface area contributed by atoms with Gasteiger partial charge >= 0.3 is 0 Å². The number of amides is 1. The monoisotopic (exact) mass is 492 g/mol. The van der Waals surface area contributed by atoms with E-state index in [9.17, 15) is 4.79 Å². The SMILES string of the molecule is CCC(=C(c1ccc(CCNCCC=CC(=O)N(C)C)cc1)c1ccc2[nH]ncc2c1)c1ccccc1. The van der Waals surface area contributed by atoms with Crippen LogP contribution in [-0.4, -0.2) is 48.2 Å². The van der Waals surface area contributed by atoms with Crippen molar-refractivity contribution in [1.82, 2.24) is 20.4 Å². The van der Waals surface area contributed by atoms with E-state index in [0.717, 1.165) is 43.3 Å². The molecule has 0 aliphatic carbocycles. The molecule has 5 heteroatoms. The molecule has 0 fully saturated rings. The molecule has 4 aromatic rings. The number of rotatable bonds is 11. The first-order chi connectivity index (χ1) is 18.1. The van der Waals surface area contributed by atoms with Gasteiger partial charge in [0.25, 0.3) is 0 Å². The van der Waals surface area contributed by atoms with Crippen molar-refractivity contribution in [3.8, 4) is 0 Å². The van der Waals surface area contributed by atoms with Crippen LogP contribution in [-0.2, 0) is 11.2 Å². The minimum absolute atomic E-state index is 0.0247. The van der Waals surface area contributed by atoms with Crippen LogP contribution in [0.1, 0.15) is 42.0 Å². The Morgan fingerprint density at radius 2 is 1.70 bits per heavy atom. The summed E-state index contributed by atoms with van der Waals surface area (Å²) in [6.45, 7) is 3.98. The Balaban J connectivity index is 1.50. The third-order valence-electron chi connectivity index (χ3n) is 6.53. The highest BCUT2D eigenvalue weighted by Gasteiger charge is 2.14. The molecule has 0 atom stereocenters. The summed E-state index contributed by atoms with van der Waals surface area (Å²) in [6.07, 6.45) is 8.18. The zero-order chi connectivity index (χ0) is 26.0. The Kier molecular flexibility index (Phi) is 9.06. The maximum Gasteiger partial charge on any atom is 0.245 e. The van der Waals surface area contributed by atoms with Crippen LogP contribution in [0.5, 0.6) is 0 Å². The molecular weight excluding hydrogens is 456 g/mol. The van der Waals surface area contributed by atoms with E-state index in [1.807, 2.05) is 12.3 Å². The van der Waals surface area contributed by atoms with Gasteiger partial charge in [-0.3, -0.25) is 9.89 Å². The fourth-order valence-corrected chi connectivity index (χ4v) is 4.49. The molecule has 0 aliphatic rings. The number of likely N-dealkylation sites (N-methyl/N-ethyl adjacent to an activating group) is 1. The summed E-state index contributed by atoms with van der Waals surface area (Å²) in [5, 5.41) is 11.9. The van der Waals surface area contributed by atoms with Crippen LogP contribution in [0, 0.1) is 0 Å². The van der Waals surface area contributed by atoms with Crippen molar-refractivity contribution >= 4 is 28.0 Å². The molecule has 1 amide bonds. The van der Waals surface area contributed by atoms with E-state index in [2.05, 4.69) is 95.2 Å². The van der Waals surface area contributed by atoms with E-state index in [0.29, 0.717) is 0 Å². The van der Waals surface area contributed by atoms with Gasteiger partial charge in [0.05, 0.1) is 11.7 Å². The summed E-state index contributed by atoms with van der Waals surface area (Å²) in [5.41, 5.74) is 8.61. The molecule has 1 aromatic heterocycles. The summed E-state index contributed by atoms with van der Waals surface area (Å²) in [4.78, 5) is 13.2. The fraction of sp³-hybridized carbons (Fsp3) is 0.250. The molecule has 0 saturated carbocycles. The average molecular weight is 493 g/mol. The van der Waals surface area contributed by atoms with Crippen LogP contribution < -0.4 is 5.32 Å². The lowest BCUT2D eigenvalue weighted by Crippen LogP contribution is -2.20. The van der Waals surface area contributed by atoms with Crippen molar-refractivity contribution in [2.24, 2.45) is 0 Å². The lowest BCUT2D eigenvalue weighted by atomic mass is 9.87. The van der Waals surface area contributed by atoms with Crippen LogP contribution in [0.3, 0.4) is 0 Å². The third kappa shape index (κ3) is 6.83. The summed E-state index contributed by atoms with van der Waals surface area (Å²) in [7, 11) is 3.52. The fourth-order valence-electron chi connectivity index (χ4n) is 4.49. The molecule has 2 N–H and O–H groups in total. The zero-order valence-electron chi connectivity index (χ0n) is 22.0. The van der Waals surface area contributed by atoms with Gasteiger partial charge in [0.15, 0.2) is 0 Å². The molecule has 190 valence electrons. The Hall–Kier alpha value is -3.96. The van der Waals surface area contributed by atoms with Crippen LogP contribution in [0.25, 0.3) is 22.0 Å². The van der Waals surface area contributed by atoms with Gasteiger partial charge in [-0.25, -0.2) is 0 Å². The molecule has 5 nitrogen and oxygen atoms in total. The second-order valence-electron chi connectivity index (χ2n) is 9.37. The summed E-state index contributed by atoms with van der Waals surface area (Å²) in [5.74, 6) is 0.0247. The number of aromatic nitrogens is 2. The first-order valence-corrected chi connectivity index (χ1v) is 13.0. The minimum Gasteiger partial charge on any atom is -0.345 e. The number of allylic oxidation sites excluding steroid dienone is 1. The molecule has 0 bridgehead atoms. The number of H-pyrrole nitrogens is 1. The molecule has 0 aliphatic heterocycles. The van der Waals surface area contributed by atoms with Gasteiger partial charge in [-0.15, -0.1) is 0 Å². The number of nitrogens with one attached hydrogen (secondary N) is 2. The number of hydrogen-bond donors (Lipinski definition) is 2. The largest absolute Gasteiger partial charge is 0.345 e. The van der Waals surface area contributed by atoms with Crippen LogP contribution in [0.2, 0.25) is 0 Å². The number of carbonyl (C=O) groups excluding carboxylic acids is 1. The smallest absolute Gasteiger partial charge is 0.245 e. The summed E-state index contributed by atoms with van der Waals surface area (Å²) in [6, 6.07) is 26.2. The van der Waals surface area contributed by atoms with E-state index in [1.165, 1.54) is 33.4 Å². The first kappa shape index (κ1) is 26.1. The molecule has 4 rings (SSSR count). The van der Waals surface area contributed by atoms with Crippen molar-refractivity contribution in [3.63, 3.8) is 0 Å². The lowest BCUT2D eigenvalue weighted by Gasteiger charge is -2.17. The Morgan fingerprint density at radius 3 is 2.43 bits per heavy atom. The molecule has 0 saturated heterocycles. The van der Waals surface area contributed by atoms with E-state index >= 15 is 0 Å². The van der Waals surface area contributed by atoms with Crippen LogP contribution in [0.4, 0.5) is 0 Å². The van der Waals surface area contributed by atoms with Gasteiger partial charge in [0.1, 0.15) is 0 Å². The first-order valence-electron chi connectivity index (χ1n) is 13.0. The molecule has 0 spiro atoms. The van der Waals surface area contributed by atoms with Crippen molar-refractivity contribution in [2.75, 3.05) is 27.2 Å². The highest BCUT2D eigenvalue weighted by Crippen LogP contribution is 2.35. The highest BCUT2D eigenvalue weighted by molar-refractivity contribution is 6.00. The predicted octanol–water partition coefficient (Wildman–Crippen LogP) is 6.10. The van der Waals surface area contributed by atoms with Crippen molar-refractivity contribution in [3.05, 3.63) is 113 Å². The molecule has 3 aromatic carbocycles. The average Bonchev–Trinajstić information content (AvgIpc) is 3.40. The van der Waals surface area contributed by atoms with Gasteiger partial charge in [-0.2, -0.15) is 5.10 Å². The normalized spacial score (nSPS) is 12.2. The quantitative estimate of drug-likeness (QED) is 0.151. The maximum absolute atomic E-state index is 11.6. The van der Waals surface area contributed by atoms with E-state index in [-0.39, 0.29) is 5.91 Å². The Morgan fingerprint density at radius 1 is 0.946 bits per heavy atom. The van der Waals surface area contributed by atoms with Gasteiger partial charge in [-0.05, 0) is 84.0 Å². The number of nitrogens with zero attached hydrogens (tertiary/aromatic N) is 2. The number of hydrogen-bond acceptors (Lipinski definition) is 3. The van der Waals surface area contributed by atoms with Gasteiger partial charge in [0, 0.05) is 19.5 Å². The van der Waals surface area contributed by atoms with Crippen LogP contribution >= 0.6 is 0 Å². The Labute approximate surface area is 219 Å². The molecule has 37 heavy (non-hydrogen) atoms. The minimum atomic E-state index is 0.0247. The number of benzene rings is 3. The van der Waals surface area contributed by atoms with E-state index in [4.69, 9.17) is 0 Å². The van der Waals surface area contributed by atoms with Crippen molar-refractivity contribution < 1.29 is 4.79 Å². The highest BCUT2D eigenvalue weighted by atomic mass is 16.2. The standard InChI is InChI=1S/C32H36N4O/c1-4-29(25-10-6-5-7-11-25)32(27-17-18-30-28(22-27)23-34-35-30)26-15-13-24(14-16-26)19-21-33-20-9-8-12-31(37)36(2)3/h5-8,10-18,22-23,33H,4,9,19-21H2,1-3H3,(H,34,35). The number of aromatic amines is 1. The number of fused-ring (bicyclic) bond motifs is 1. The zero-order valence-corrected chi connectivity index (χ0v) is 22.0. The Bertz CT molecular complexity index is 1360. The molecular formula is C32H36N4O. The molecule has 0 radical (unpaired) electrons. The van der Waals surface area contributed by atoms with Crippen molar-refractivity contribution in [1.29, 1.82) is 0 Å². The van der Waals surface area contributed by atoms with Gasteiger partial charge < -0.3 is 10.2 Å². The van der Waals surface area contributed by atoms with Gasteiger partial charge in [-0.1, -0.05) is 73.7 Å². The topological polar surface area (TPSA) is 61.0 Å². The summed E-state index contributed by atoms with van der Waals surface area (Å²) >= 11 is 0. The lowest BCUT2D eigenvalue weighted by molar-refractivity contribution is -0.123. The van der Waals surface area contributed by atoms with Crippen LogP contribution in [0.15, 0.2) is 91.1 Å². The van der Waals surface area contributed by atoms with E-state index in [1.54, 1.807) is 25.1 Å². The third-order valence-corrected chi connectivity index (χ3v) is 6.53. The molecule has 0 unspecified atom stereocenters. The molecule has 1 heterocycles. The predicted molar refractivity (Wildman–Crippen MR) is 154 cm³/mol. The second-order valence-corrected chi connectivity index (χ2v) is 9.37. The van der Waals surface area contributed by atoms with E-state index < -0.39 is 0 Å². The maximum atomic E-state index is 11.6. The summed E-state index contributed by atoms with van der Waals surface area (Å²) < 4.78 is 0. The van der Waals surface area contributed by atoms with Gasteiger partial charge in [0.2, 0.25) is 5.91 Å². The number of carbonyl (C=O) groups is 1. The van der Waals surface area contributed by atoms with Crippen molar-refractivity contribution in [2.45, 2.75) is 26.2 Å². The second kappa shape index (κ2) is 12.8.